The molecule has 276 valence electrons. The number of para-hydroxylation sites is 2. The molecule has 3 heteroatoms. The second kappa shape index (κ2) is 13.4. The standard InChI is InChI=1S/C56H37N3/c1-4-14-38(15-5-1)41-24-27-44(28-25-41)57-33-32-51-52(57)31-30-50-48-21-11-13-23-54(48)59(56(50)51)46-35-43(40-18-8-3-9-19-40)34-45(37-46)58-53-22-12-10-20-47(53)49-29-26-42(36-55(49)58)39-16-6-2-7-17-39/h1-37H. The van der Waals surface area contributed by atoms with E-state index in [-0.39, 0.29) is 0 Å². The van der Waals surface area contributed by atoms with E-state index in [0.29, 0.717) is 0 Å². The third-order valence-corrected chi connectivity index (χ3v) is 12.1. The highest BCUT2D eigenvalue weighted by molar-refractivity contribution is 6.18. The maximum absolute atomic E-state index is 2.50. The lowest BCUT2D eigenvalue weighted by molar-refractivity contribution is 1.13. The summed E-state index contributed by atoms with van der Waals surface area (Å²) < 4.78 is 7.28. The summed E-state index contributed by atoms with van der Waals surface area (Å²) in [5, 5.41) is 6.16. The first-order valence-corrected chi connectivity index (χ1v) is 20.3. The molecule has 0 amide bonds. The van der Waals surface area contributed by atoms with Crippen molar-refractivity contribution in [2.24, 2.45) is 0 Å². The van der Waals surface area contributed by atoms with Gasteiger partial charge in [0.1, 0.15) is 0 Å². The Morgan fingerprint density at radius 2 is 0.729 bits per heavy atom. The van der Waals surface area contributed by atoms with E-state index in [2.05, 4.69) is 238 Å². The van der Waals surface area contributed by atoms with E-state index in [9.17, 15) is 0 Å². The Morgan fingerprint density at radius 3 is 1.41 bits per heavy atom. The van der Waals surface area contributed by atoms with Crippen LogP contribution in [0.4, 0.5) is 0 Å². The van der Waals surface area contributed by atoms with Crippen LogP contribution in [0.15, 0.2) is 225 Å². The fraction of sp³-hybridized carbons (Fsp3) is 0. The van der Waals surface area contributed by atoms with Crippen molar-refractivity contribution in [1.82, 2.24) is 13.7 Å². The van der Waals surface area contributed by atoms with Crippen LogP contribution in [0.1, 0.15) is 0 Å². The molecular formula is C56H37N3. The van der Waals surface area contributed by atoms with Gasteiger partial charge in [-0.2, -0.15) is 0 Å². The topological polar surface area (TPSA) is 14.8 Å². The van der Waals surface area contributed by atoms with Gasteiger partial charge in [-0.3, -0.25) is 0 Å². The molecule has 3 heterocycles. The maximum Gasteiger partial charge on any atom is 0.0635 e. The average molecular weight is 752 g/mol. The molecule has 0 saturated heterocycles. The van der Waals surface area contributed by atoms with E-state index in [1.165, 1.54) is 82.3 Å². The van der Waals surface area contributed by atoms with Crippen LogP contribution in [0.5, 0.6) is 0 Å². The van der Waals surface area contributed by atoms with Gasteiger partial charge < -0.3 is 13.7 Å². The highest BCUT2D eigenvalue weighted by Gasteiger charge is 2.20. The minimum Gasteiger partial charge on any atom is -0.316 e. The lowest BCUT2D eigenvalue weighted by Gasteiger charge is -2.16. The molecular weight excluding hydrogens is 715 g/mol. The molecule has 0 bridgehead atoms. The second-order valence-electron chi connectivity index (χ2n) is 15.4. The van der Waals surface area contributed by atoms with Crippen molar-refractivity contribution in [2.45, 2.75) is 0 Å². The molecule has 0 aliphatic rings. The Kier molecular flexibility index (Phi) is 7.54. The Bertz CT molecular complexity index is 3520. The Labute approximate surface area is 341 Å². The van der Waals surface area contributed by atoms with Crippen LogP contribution in [0.25, 0.3) is 105 Å². The van der Waals surface area contributed by atoms with Crippen molar-refractivity contribution in [3.63, 3.8) is 0 Å². The van der Waals surface area contributed by atoms with Gasteiger partial charge in [-0.05, 0) is 94.0 Å². The van der Waals surface area contributed by atoms with E-state index in [1.54, 1.807) is 0 Å². The molecule has 12 aromatic rings. The second-order valence-corrected chi connectivity index (χ2v) is 15.4. The minimum atomic E-state index is 1.12. The number of fused-ring (bicyclic) bond motifs is 8. The van der Waals surface area contributed by atoms with Crippen molar-refractivity contribution in [2.75, 3.05) is 0 Å². The third-order valence-electron chi connectivity index (χ3n) is 12.1. The van der Waals surface area contributed by atoms with Gasteiger partial charge in [0.25, 0.3) is 0 Å². The first kappa shape index (κ1) is 33.3. The van der Waals surface area contributed by atoms with E-state index in [4.69, 9.17) is 0 Å². The molecule has 0 aliphatic heterocycles. The molecule has 12 rings (SSSR count). The quantitative estimate of drug-likeness (QED) is 0.161. The summed E-state index contributed by atoms with van der Waals surface area (Å²) >= 11 is 0. The van der Waals surface area contributed by atoms with Gasteiger partial charge in [0.15, 0.2) is 0 Å². The highest BCUT2D eigenvalue weighted by atomic mass is 15.0. The monoisotopic (exact) mass is 751 g/mol. The van der Waals surface area contributed by atoms with Crippen LogP contribution in [0, 0.1) is 0 Å². The van der Waals surface area contributed by atoms with Gasteiger partial charge >= 0.3 is 0 Å². The van der Waals surface area contributed by atoms with E-state index >= 15 is 0 Å². The van der Waals surface area contributed by atoms with Crippen molar-refractivity contribution in [1.29, 1.82) is 0 Å². The van der Waals surface area contributed by atoms with Crippen molar-refractivity contribution < 1.29 is 0 Å². The number of nitrogens with zero attached hydrogens (tertiary/aromatic N) is 3. The van der Waals surface area contributed by atoms with Gasteiger partial charge in [0, 0.05) is 50.2 Å². The molecule has 0 N–H and O–H groups in total. The molecule has 0 atom stereocenters. The third kappa shape index (κ3) is 5.36. The normalized spacial score (nSPS) is 11.7. The summed E-state index contributed by atoms with van der Waals surface area (Å²) in [6, 6.07) is 79.5. The highest BCUT2D eigenvalue weighted by Crippen LogP contribution is 2.41. The van der Waals surface area contributed by atoms with Crippen molar-refractivity contribution >= 4 is 54.5 Å². The molecule has 9 aromatic carbocycles. The fourth-order valence-corrected chi connectivity index (χ4v) is 9.32. The number of hydrogen-bond acceptors (Lipinski definition) is 0. The zero-order valence-electron chi connectivity index (χ0n) is 32.2. The van der Waals surface area contributed by atoms with Gasteiger partial charge in [-0.15, -0.1) is 0 Å². The fourth-order valence-electron chi connectivity index (χ4n) is 9.32. The summed E-state index contributed by atoms with van der Waals surface area (Å²) in [5.41, 5.74) is 16.5. The largest absolute Gasteiger partial charge is 0.316 e. The Balaban J connectivity index is 1.12. The van der Waals surface area contributed by atoms with Crippen LogP contribution in [-0.2, 0) is 0 Å². The minimum absolute atomic E-state index is 1.12. The van der Waals surface area contributed by atoms with Crippen LogP contribution in [-0.4, -0.2) is 13.7 Å². The van der Waals surface area contributed by atoms with Gasteiger partial charge in [-0.1, -0.05) is 158 Å². The van der Waals surface area contributed by atoms with E-state index in [0.717, 1.165) is 22.6 Å². The molecule has 0 fully saturated rings. The summed E-state index contributed by atoms with van der Waals surface area (Å²) in [4.78, 5) is 0. The zero-order valence-corrected chi connectivity index (χ0v) is 32.2. The molecule has 0 saturated carbocycles. The van der Waals surface area contributed by atoms with Crippen LogP contribution in [0.3, 0.4) is 0 Å². The van der Waals surface area contributed by atoms with Crippen LogP contribution < -0.4 is 0 Å². The number of hydrogen-bond donors (Lipinski definition) is 0. The van der Waals surface area contributed by atoms with Crippen LogP contribution >= 0.6 is 0 Å². The first-order chi connectivity index (χ1) is 29.3. The lowest BCUT2D eigenvalue weighted by atomic mass is 10.0. The Morgan fingerprint density at radius 1 is 0.237 bits per heavy atom. The van der Waals surface area contributed by atoms with Gasteiger partial charge in [-0.25, -0.2) is 0 Å². The smallest absolute Gasteiger partial charge is 0.0635 e. The predicted molar refractivity (Wildman–Crippen MR) is 248 cm³/mol. The van der Waals surface area contributed by atoms with Crippen molar-refractivity contribution in [3.8, 4) is 50.4 Å². The first-order valence-electron chi connectivity index (χ1n) is 20.3. The molecule has 3 nitrogen and oxygen atoms in total. The number of rotatable bonds is 6. The molecule has 0 radical (unpaired) electrons. The summed E-state index contributed by atoms with van der Waals surface area (Å²) in [6.45, 7) is 0. The molecule has 0 spiro atoms. The summed E-state index contributed by atoms with van der Waals surface area (Å²) in [7, 11) is 0. The van der Waals surface area contributed by atoms with Gasteiger partial charge in [0.2, 0.25) is 0 Å². The van der Waals surface area contributed by atoms with Crippen molar-refractivity contribution in [3.05, 3.63) is 225 Å². The SMILES string of the molecule is c1ccc(-c2ccc(-n3ccc4c3ccc3c5ccccc5n(-c5cc(-c6ccccc6)cc(-n6c7ccccc7c7ccc(-c8ccccc8)cc76)c5)c34)cc2)cc1. The number of benzene rings is 9. The maximum atomic E-state index is 2.50. The van der Waals surface area contributed by atoms with Crippen LogP contribution in [0.2, 0.25) is 0 Å². The average Bonchev–Trinajstić information content (AvgIpc) is 4.00. The zero-order chi connectivity index (χ0) is 38.9. The van der Waals surface area contributed by atoms with E-state index in [1.807, 2.05) is 0 Å². The predicted octanol–water partition coefficient (Wildman–Crippen LogP) is 14.8. The molecule has 3 aromatic heterocycles. The number of aromatic nitrogens is 3. The molecule has 0 unspecified atom stereocenters. The Hall–Kier alpha value is -7.88. The molecule has 0 aliphatic carbocycles. The summed E-state index contributed by atoms with van der Waals surface area (Å²) in [5.74, 6) is 0. The lowest BCUT2D eigenvalue weighted by Crippen LogP contribution is -2.00. The summed E-state index contributed by atoms with van der Waals surface area (Å²) in [6.07, 6.45) is 2.22. The molecule has 59 heavy (non-hydrogen) atoms. The van der Waals surface area contributed by atoms with Gasteiger partial charge in [0.05, 0.1) is 27.6 Å². The van der Waals surface area contributed by atoms with E-state index < -0.39 is 0 Å².